The number of fused-ring (bicyclic) bond motifs is 2. The molecule has 0 spiro atoms. The summed E-state index contributed by atoms with van der Waals surface area (Å²) in [5, 5.41) is 6.17. The Morgan fingerprint density at radius 3 is 2.85 bits per heavy atom. The van der Waals surface area contributed by atoms with Crippen LogP contribution in [0.2, 0.25) is 0 Å². The fourth-order valence-electron chi connectivity index (χ4n) is 4.14. The Bertz CT molecular complexity index is 1050. The molecule has 0 radical (unpaired) electrons. The predicted molar refractivity (Wildman–Crippen MR) is 109 cm³/mol. The smallest absolute Gasteiger partial charge is 0.0710 e. The average Bonchev–Trinajstić information content (AvgIpc) is 3.31. The third-order valence-corrected chi connectivity index (χ3v) is 5.37. The van der Waals surface area contributed by atoms with E-state index in [4.69, 9.17) is 4.99 Å². The number of hydrogen-bond acceptors (Lipinski definition) is 2. The standard InChI is InChI=1S/C23H21N3/c1-15-11-19-20(17-9-10-24-13-17)14-25-23(19)22(12-15)26-21-8-4-6-16-5-2-3-7-18(16)21/h2-10,12-15,19,24,26H,11H2,1H3. The first kappa shape index (κ1) is 15.2. The number of nitrogens with one attached hydrogen (secondary N) is 2. The van der Waals surface area contributed by atoms with Gasteiger partial charge in [-0.1, -0.05) is 49.4 Å². The molecule has 5 rings (SSSR count). The largest absolute Gasteiger partial charge is 0.367 e. The molecule has 1 aliphatic carbocycles. The zero-order valence-corrected chi connectivity index (χ0v) is 14.7. The van der Waals surface area contributed by atoms with Crippen LogP contribution < -0.4 is 5.32 Å². The van der Waals surface area contributed by atoms with Crippen LogP contribution in [0.3, 0.4) is 0 Å². The number of aromatic nitrogens is 1. The fourth-order valence-corrected chi connectivity index (χ4v) is 4.14. The van der Waals surface area contributed by atoms with Gasteiger partial charge in [0.1, 0.15) is 0 Å². The summed E-state index contributed by atoms with van der Waals surface area (Å²) in [6, 6.07) is 17.0. The number of benzene rings is 2. The van der Waals surface area contributed by atoms with Crippen molar-refractivity contribution in [3.05, 3.63) is 84.5 Å². The molecule has 3 nitrogen and oxygen atoms in total. The monoisotopic (exact) mass is 339 g/mol. The van der Waals surface area contributed by atoms with Gasteiger partial charge in [-0.05, 0) is 41.0 Å². The summed E-state index contributed by atoms with van der Waals surface area (Å²) < 4.78 is 0. The second-order valence-electron chi connectivity index (χ2n) is 7.20. The van der Waals surface area contributed by atoms with Crippen LogP contribution in [0.4, 0.5) is 5.69 Å². The maximum Gasteiger partial charge on any atom is 0.0710 e. The third kappa shape index (κ3) is 2.48. The number of anilines is 1. The zero-order chi connectivity index (χ0) is 17.5. The second kappa shape index (κ2) is 6.03. The number of nitrogens with zero attached hydrogens (tertiary/aromatic N) is 1. The van der Waals surface area contributed by atoms with E-state index < -0.39 is 0 Å². The van der Waals surface area contributed by atoms with Crippen molar-refractivity contribution in [2.75, 3.05) is 5.32 Å². The van der Waals surface area contributed by atoms with E-state index in [9.17, 15) is 0 Å². The van der Waals surface area contributed by atoms with Crippen LogP contribution in [0, 0.1) is 11.8 Å². The summed E-state index contributed by atoms with van der Waals surface area (Å²) in [6.45, 7) is 2.29. The van der Waals surface area contributed by atoms with Gasteiger partial charge in [0.05, 0.1) is 11.4 Å². The SMILES string of the molecule is CC1C=C(Nc2cccc3ccccc23)C2=NC=C(c3cc[nH]c3)C2C1. The van der Waals surface area contributed by atoms with E-state index in [1.807, 2.05) is 12.4 Å². The highest BCUT2D eigenvalue weighted by Gasteiger charge is 2.33. The first-order chi connectivity index (χ1) is 12.8. The van der Waals surface area contributed by atoms with Crippen molar-refractivity contribution in [3.8, 4) is 0 Å². The lowest BCUT2D eigenvalue weighted by Gasteiger charge is -2.28. The van der Waals surface area contributed by atoms with E-state index in [0.717, 1.165) is 23.5 Å². The van der Waals surface area contributed by atoms with Crippen LogP contribution in [-0.2, 0) is 0 Å². The summed E-state index contributed by atoms with van der Waals surface area (Å²) in [7, 11) is 0. The normalized spacial score (nSPS) is 21.8. The maximum absolute atomic E-state index is 4.80. The van der Waals surface area contributed by atoms with Crippen molar-refractivity contribution in [1.29, 1.82) is 0 Å². The maximum atomic E-state index is 4.80. The molecular formula is C23H21N3. The molecule has 0 saturated carbocycles. The van der Waals surface area contributed by atoms with Crippen LogP contribution >= 0.6 is 0 Å². The van der Waals surface area contributed by atoms with E-state index in [-0.39, 0.29) is 0 Å². The molecule has 2 unspecified atom stereocenters. The molecule has 1 aliphatic heterocycles. The molecule has 2 heterocycles. The molecule has 2 N–H and O–H groups in total. The quantitative estimate of drug-likeness (QED) is 0.639. The van der Waals surface area contributed by atoms with Gasteiger partial charge in [-0.2, -0.15) is 0 Å². The van der Waals surface area contributed by atoms with E-state index in [2.05, 4.69) is 78.0 Å². The summed E-state index contributed by atoms with van der Waals surface area (Å²) in [5.41, 5.74) is 6.00. The molecule has 0 bridgehead atoms. The van der Waals surface area contributed by atoms with Gasteiger partial charge in [0, 0.05) is 35.6 Å². The van der Waals surface area contributed by atoms with Gasteiger partial charge in [-0.3, -0.25) is 4.99 Å². The van der Waals surface area contributed by atoms with Crippen molar-refractivity contribution < 1.29 is 0 Å². The van der Waals surface area contributed by atoms with Gasteiger partial charge >= 0.3 is 0 Å². The van der Waals surface area contributed by atoms with Gasteiger partial charge in [0.25, 0.3) is 0 Å². The van der Waals surface area contributed by atoms with Gasteiger partial charge in [-0.15, -0.1) is 0 Å². The minimum Gasteiger partial charge on any atom is -0.367 e. The summed E-state index contributed by atoms with van der Waals surface area (Å²) >= 11 is 0. The molecule has 2 atom stereocenters. The number of rotatable bonds is 3. The molecule has 2 aliphatic rings. The topological polar surface area (TPSA) is 40.2 Å². The minimum absolute atomic E-state index is 0.364. The molecule has 26 heavy (non-hydrogen) atoms. The van der Waals surface area contributed by atoms with Crippen LogP contribution in [0.1, 0.15) is 18.9 Å². The van der Waals surface area contributed by atoms with E-state index >= 15 is 0 Å². The lowest BCUT2D eigenvalue weighted by molar-refractivity contribution is 0.597. The highest BCUT2D eigenvalue weighted by Crippen LogP contribution is 2.40. The molecule has 3 heteroatoms. The first-order valence-corrected chi connectivity index (χ1v) is 9.17. The molecule has 0 amide bonds. The Hall–Kier alpha value is -3.07. The lowest BCUT2D eigenvalue weighted by Crippen LogP contribution is -2.26. The Kier molecular flexibility index (Phi) is 3.52. The van der Waals surface area contributed by atoms with Crippen LogP contribution in [0.25, 0.3) is 16.3 Å². The van der Waals surface area contributed by atoms with Crippen molar-refractivity contribution >= 4 is 27.7 Å². The molecule has 0 fully saturated rings. The predicted octanol–water partition coefficient (Wildman–Crippen LogP) is 5.62. The number of allylic oxidation sites excluding steroid dienone is 3. The lowest BCUT2D eigenvalue weighted by atomic mass is 9.79. The van der Waals surface area contributed by atoms with Crippen molar-refractivity contribution in [2.45, 2.75) is 13.3 Å². The first-order valence-electron chi connectivity index (χ1n) is 9.17. The average molecular weight is 339 g/mol. The van der Waals surface area contributed by atoms with Crippen molar-refractivity contribution in [3.63, 3.8) is 0 Å². The molecular weight excluding hydrogens is 318 g/mol. The van der Waals surface area contributed by atoms with E-state index in [1.165, 1.54) is 21.9 Å². The van der Waals surface area contributed by atoms with Gasteiger partial charge in [0.15, 0.2) is 0 Å². The molecule has 128 valence electrons. The summed E-state index contributed by atoms with van der Waals surface area (Å²) in [4.78, 5) is 7.96. The summed E-state index contributed by atoms with van der Waals surface area (Å²) in [5.74, 6) is 0.875. The van der Waals surface area contributed by atoms with Crippen LogP contribution in [0.5, 0.6) is 0 Å². The fraction of sp³-hybridized carbons (Fsp3) is 0.174. The Balaban J connectivity index is 1.50. The van der Waals surface area contributed by atoms with E-state index in [1.54, 1.807) is 0 Å². The van der Waals surface area contributed by atoms with Crippen molar-refractivity contribution in [1.82, 2.24) is 4.98 Å². The molecule has 2 aromatic carbocycles. The minimum atomic E-state index is 0.364. The molecule has 0 saturated heterocycles. The van der Waals surface area contributed by atoms with Crippen LogP contribution in [-0.4, -0.2) is 10.7 Å². The van der Waals surface area contributed by atoms with Gasteiger partial charge < -0.3 is 10.3 Å². The zero-order valence-electron chi connectivity index (χ0n) is 14.7. The molecule has 1 aromatic heterocycles. The number of aromatic amines is 1. The Morgan fingerprint density at radius 1 is 1.08 bits per heavy atom. The summed E-state index contributed by atoms with van der Waals surface area (Å²) in [6.07, 6.45) is 9.51. The number of hydrogen-bond donors (Lipinski definition) is 2. The Labute approximate surface area is 153 Å². The highest BCUT2D eigenvalue weighted by atomic mass is 14.9. The van der Waals surface area contributed by atoms with Gasteiger partial charge in [0.2, 0.25) is 0 Å². The van der Waals surface area contributed by atoms with Crippen molar-refractivity contribution in [2.24, 2.45) is 16.8 Å². The second-order valence-corrected chi connectivity index (χ2v) is 7.20. The van der Waals surface area contributed by atoms with Gasteiger partial charge in [-0.25, -0.2) is 0 Å². The number of H-pyrrole nitrogens is 1. The molecule has 3 aromatic rings. The van der Waals surface area contributed by atoms with Crippen LogP contribution in [0.15, 0.2) is 83.9 Å². The van der Waals surface area contributed by atoms with E-state index in [0.29, 0.717) is 11.8 Å². The third-order valence-electron chi connectivity index (χ3n) is 5.37. The Morgan fingerprint density at radius 2 is 1.96 bits per heavy atom. The highest BCUT2D eigenvalue weighted by molar-refractivity contribution is 6.14. The number of aliphatic imine (C=N–C) groups is 1.